The number of hydrogen-bond donors (Lipinski definition) is 0. The van der Waals surface area contributed by atoms with E-state index in [1.54, 1.807) is 0 Å². The predicted molar refractivity (Wildman–Crippen MR) is 92.9 cm³/mol. The van der Waals surface area contributed by atoms with E-state index in [2.05, 4.69) is 28.9 Å². The Balaban J connectivity index is 1.34. The van der Waals surface area contributed by atoms with Crippen molar-refractivity contribution >= 4 is 11.3 Å². The largest absolute Gasteiger partial charge is 0.379 e. The molecular formula is C18H28N2O2S. The average molecular weight is 337 g/mol. The molecular weight excluding hydrogens is 308 g/mol. The summed E-state index contributed by atoms with van der Waals surface area (Å²) in [7, 11) is 0. The normalized spacial score (nSPS) is 33.0. The average Bonchev–Trinajstić information content (AvgIpc) is 3.15. The number of piperidine rings is 1. The van der Waals surface area contributed by atoms with Gasteiger partial charge in [-0.3, -0.25) is 9.80 Å². The number of fused-ring (bicyclic) bond motifs is 1. The van der Waals surface area contributed by atoms with E-state index in [4.69, 9.17) is 9.47 Å². The zero-order valence-electron chi connectivity index (χ0n) is 14.1. The second-order valence-corrected chi connectivity index (χ2v) is 8.62. The lowest BCUT2D eigenvalue weighted by molar-refractivity contribution is -0.00489. The number of hydrogen-bond acceptors (Lipinski definition) is 5. The van der Waals surface area contributed by atoms with Gasteiger partial charge in [0.1, 0.15) is 0 Å². The summed E-state index contributed by atoms with van der Waals surface area (Å²) in [6.45, 7) is 11.7. The van der Waals surface area contributed by atoms with Crippen LogP contribution >= 0.6 is 11.3 Å². The molecule has 3 saturated heterocycles. The number of likely N-dealkylation sites (tertiary alicyclic amines) is 1. The number of nitrogens with zero attached hydrogens (tertiary/aromatic N) is 2. The molecule has 3 atom stereocenters. The fraction of sp³-hybridized carbons (Fsp3) is 0.778. The first-order chi connectivity index (χ1) is 11.3. The van der Waals surface area contributed by atoms with Crippen LogP contribution in [0.1, 0.15) is 16.2 Å². The van der Waals surface area contributed by atoms with E-state index in [0.717, 1.165) is 51.9 Å². The van der Waals surface area contributed by atoms with Gasteiger partial charge in [0.15, 0.2) is 0 Å². The molecule has 5 heteroatoms. The molecule has 0 unspecified atom stereocenters. The molecule has 0 amide bonds. The molecule has 4 nitrogen and oxygen atoms in total. The Morgan fingerprint density at radius 2 is 2.04 bits per heavy atom. The molecule has 0 bridgehead atoms. The van der Waals surface area contributed by atoms with E-state index < -0.39 is 0 Å². The second-order valence-electron chi connectivity index (χ2n) is 7.24. The number of morpholine rings is 1. The molecule has 0 spiro atoms. The van der Waals surface area contributed by atoms with E-state index in [1.165, 1.54) is 29.3 Å². The molecule has 0 N–H and O–H groups in total. The Morgan fingerprint density at radius 1 is 1.17 bits per heavy atom. The summed E-state index contributed by atoms with van der Waals surface area (Å²) < 4.78 is 11.7. The van der Waals surface area contributed by atoms with Gasteiger partial charge in [0.05, 0.1) is 25.9 Å². The fourth-order valence-electron chi connectivity index (χ4n) is 4.26. The van der Waals surface area contributed by atoms with Crippen LogP contribution in [-0.2, 0) is 16.0 Å². The maximum absolute atomic E-state index is 6.20. The van der Waals surface area contributed by atoms with Gasteiger partial charge in [-0.05, 0) is 37.9 Å². The van der Waals surface area contributed by atoms with E-state index in [0.29, 0.717) is 12.0 Å². The third-order valence-electron chi connectivity index (χ3n) is 5.61. The zero-order chi connectivity index (χ0) is 15.6. The van der Waals surface area contributed by atoms with Crippen molar-refractivity contribution in [1.82, 2.24) is 9.80 Å². The van der Waals surface area contributed by atoms with Crippen LogP contribution < -0.4 is 0 Å². The number of thiophene rings is 1. The quantitative estimate of drug-likeness (QED) is 0.842. The SMILES string of the molecule is Cc1ccc(CN2CC[C@@H]3CO[C@@H](CN4CCOCC4)[C@@H]3C2)s1. The van der Waals surface area contributed by atoms with Crippen molar-refractivity contribution in [1.29, 1.82) is 0 Å². The highest BCUT2D eigenvalue weighted by Crippen LogP contribution is 2.35. The molecule has 3 fully saturated rings. The first kappa shape index (κ1) is 16.0. The Kier molecular flexibility index (Phi) is 5.02. The summed E-state index contributed by atoms with van der Waals surface area (Å²) in [6.07, 6.45) is 1.72. The molecule has 0 aromatic carbocycles. The first-order valence-electron chi connectivity index (χ1n) is 8.97. The van der Waals surface area contributed by atoms with Gasteiger partial charge < -0.3 is 9.47 Å². The molecule has 128 valence electrons. The molecule has 1 aromatic heterocycles. The van der Waals surface area contributed by atoms with E-state index in [1.807, 2.05) is 11.3 Å². The van der Waals surface area contributed by atoms with E-state index >= 15 is 0 Å². The molecule has 0 saturated carbocycles. The summed E-state index contributed by atoms with van der Waals surface area (Å²) >= 11 is 1.94. The molecule has 0 radical (unpaired) electrons. The molecule has 1 aromatic rings. The molecule has 0 aliphatic carbocycles. The molecule has 3 aliphatic heterocycles. The Bertz CT molecular complexity index is 515. The van der Waals surface area contributed by atoms with Gasteiger partial charge in [0.25, 0.3) is 0 Å². The van der Waals surface area contributed by atoms with Gasteiger partial charge in [0, 0.05) is 48.4 Å². The van der Waals surface area contributed by atoms with E-state index in [-0.39, 0.29) is 0 Å². The van der Waals surface area contributed by atoms with Gasteiger partial charge >= 0.3 is 0 Å². The van der Waals surface area contributed by atoms with Gasteiger partial charge in [-0.25, -0.2) is 0 Å². The molecule has 4 heterocycles. The highest BCUT2D eigenvalue weighted by molar-refractivity contribution is 7.11. The third-order valence-corrected chi connectivity index (χ3v) is 6.60. The van der Waals surface area contributed by atoms with Crippen molar-refractivity contribution in [3.05, 3.63) is 21.9 Å². The van der Waals surface area contributed by atoms with Crippen LogP contribution in [0.15, 0.2) is 12.1 Å². The van der Waals surface area contributed by atoms with Crippen molar-refractivity contribution in [3.8, 4) is 0 Å². The number of aryl methyl sites for hydroxylation is 1. The number of ether oxygens (including phenoxy) is 2. The van der Waals surface area contributed by atoms with Gasteiger partial charge in [-0.15, -0.1) is 11.3 Å². The maximum Gasteiger partial charge on any atom is 0.0745 e. The van der Waals surface area contributed by atoms with Crippen LogP contribution in [0.4, 0.5) is 0 Å². The minimum Gasteiger partial charge on any atom is -0.379 e. The van der Waals surface area contributed by atoms with Gasteiger partial charge in [0.2, 0.25) is 0 Å². The fourth-order valence-corrected chi connectivity index (χ4v) is 5.19. The van der Waals surface area contributed by atoms with Crippen LogP contribution in [0.3, 0.4) is 0 Å². The maximum atomic E-state index is 6.20. The Hall–Kier alpha value is -0.460. The summed E-state index contributed by atoms with van der Waals surface area (Å²) in [5, 5.41) is 0. The second kappa shape index (κ2) is 7.19. The highest BCUT2D eigenvalue weighted by atomic mass is 32.1. The van der Waals surface area contributed by atoms with Crippen molar-refractivity contribution in [2.45, 2.75) is 26.0 Å². The van der Waals surface area contributed by atoms with E-state index in [9.17, 15) is 0 Å². The summed E-state index contributed by atoms with van der Waals surface area (Å²) in [5.74, 6) is 1.50. The van der Waals surface area contributed by atoms with Crippen molar-refractivity contribution in [3.63, 3.8) is 0 Å². The van der Waals surface area contributed by atoms with Crippen molar-refractivity contribution in [2.24, 2.45) is 11.8 Å². The lowest BCUT2D eigenvalue weighted by atomic mass is 9.84. The summed E-state index contributed by atoms with van der Waals surface area (Å²) in [6, 6.07) is 4.54. The Labute approximate surface area is 143 Å². The van der Waals surface area contributed by atoms with Crippen molar-refractivity contribution in [2.75, 3.05) is 52.5 Å². The van der Waals surface area contributed by atoms with Crippen LogP contribution in [0.25, 0.3) is 0 Å². The standard InChI is InChI=1S/C18H28N2O2S/c1-14-2-3-16(23-14)10-20-5-4-15-13-22-18(17(15)11-20)12-19-6-8-21-9-7-19/h2-3,15,17-18H,4-13H2,1H3/t15-,17-,18+/m1/s1. The lowest BCUT2D eigenvalue weighted by Crippen LogP contribution is -2.47. The minimum atomic E-state index is 0.422. The summed E-state index contributed by atoms with van der Waals surface area (Å²) in [4.78, 5) is 8.10. The van der Waals surface area contributed by atoms with Crippen LogP contribution in [0.5, 0.6) is 0 Å². The zero-order valence-corrected chi connectivity index (χ0v) is 14.9. The molecule has 3 aliphatic rings. The van der Waals surface area contributed by atoms with Crippen LogP contribution in [-0.4, -0.2) is 68.4 Å². The lowest BCUT2D eigenvalue weighted by Gasteiger charge is -2.37. The molecule has 4 rings (SSSR count). The monoisotopic (exact) mass is 336 g/mol. The molecule has 23 heavy (non-hydrogen) atoms. The van der Waals surface area contributed by atoms with Gasteiger partial charge in [-0.1, -0.05) is 0 Å². The van der Waals surface area contributed by atoms with Crippen LogP contribution in [0, 0.1) is 18.8 Å². The smallest absolute Gasteiger partial charge is 0.0745 e. The van der Waals surface area contributed by atoms with Crippen LogP contribution in [0.2, 0.25) is 0 Å². The first-order valence-corrected chi connectivity index (χ1v) is 9.79. The minimum absolute atomic E-state index is 0.422. The number of rotatable bonds is 4. The van der Waals surface area contributed by atoms with Crippen molar-refractivity contribution < 1.29 is 9.47 Å². The summed E-state index contributed by atoms with van der Waals surface area (Å²) in [5.41, 5.74) is 0. The Morgan fingerprint density at radius 3 is 2.83 bits per heavy atom. The van der Waals surface area contributed by atoms with Gasteiger partial charge in [-0.2, -0.15) is 0 Å². The third kappa shape index (κ3) is 3.80. The topological polar surface area (TPSA) is 24.9 Å². The highest BCUT2D eigenvalue weighted by Gasteiger charge is 2.41. The predicted octanol–water partition coefficient (Wildman–Crippen LogP) is 2.23.